The predicted octanol–water partition coefficient (Wildman–Crippen LogP) is 2.36. The van der Waals surface area contributed by atoms with Crippen molar-refractivity contribution >= 4 is 10.1 Å². The molecular formula is C11H16O3S. The zero-order valence-electron chi connectivity index (χ0n) is 9.17. The highest BCUT2D eigenvalue weighted by Crippen LogP contribution is 2.26. The zero-order chi connectivity index (χ0) is 11.5. The second kappa shape index (κ2) is 4.77. The fourth-order valence-corrected chi connectivity index (χ4v) is 2.09. The summed E-state index contributed by atoms with van der Waals surface area (Å²) in [5, 5.41) is 0. The van der Waals surface area contributed by atoms with Crippen LogP contribution < -0.4 is 0 Å². The average Bonchev–Trinajstić information content (AvgIpc) is 2.14. The molecule has 0 heterocycles. The van der Waals surface area contributed by atoms with Crippen LogP contribution in [-0.2, 0) is 14.3 Å². The van der Waals surface area contributed by atoms with Gasteiger partial charge in [0, 0.05) is 0 Å². The highest BCUT2D eigenvalue weighted by molar-refractivity contribution is 7.86. The molecule has 0 amide bonds. The first-order valence-corrected chi connectivity index (χ1v) is 6.65. The molecule has 1 aromatic carbocycles. The molecule has 0 saturated carbocycles. The first-order chi connectivity index (χ1) is 6.90. The Labute approximate surface area is 91.2 Å². The molecule has 0 aliphatic rings. The molecule has 0 N–H and O–H groups in total. The van der Waals surface area contributed by atoms with Crippen LogP contribution in [0.5, 0.6) is 0 Å². The van der Waals surface area contributed by atoms with E-state index in [0.29, 0.717) is 0 Å². The molecule has 1 unspecified atom stereocenters. The van der Waals surface area contributed by atoms with Gasteiger partial charge in [0.05, 0.1) is 6.26 Å². The van der Waals surface area contributed by atoms with E-state index in [4.69, 9.17) is 4.18 Å². The molecule has 1 rings (SSSR count). The summed E-state index contributed by atoms with van der Waals surface area (Å²) < 4.78 is 27.3. The molecule has 3 nitrogen and oxygen atoms in total. The molecular weight excluding hydrogens is 212 g/mol. The summed E-state index contributed by atoms with van der Waals surface area (Å²) in [4.78, 5) is 0. The van der Waals surface area contributed by atoms with E-state index in [0.717, 1.165) is 11.8 Å². The maximum atomic E-state index is 11.1. The van der Waals surface area contributed by atoms with Crippen molar-refractivity contribution in [1.82, 2.24) is 0 Å². The Kier molecular flexibility index (Phi) is 3.88. The van der Waals surface area contributed by atoms with Gasteiger partial charge >= 0.3 is 0 Å². The third-order valence-electron chi connectivity index (χ3n) is 2.01. The van der Waals surface area contributed by atoms with Gasteiger partial charge in [0.25, 0.3) is 10.1 Å². The van der Waals surface area contributed by atoms with Crippen molar-refractivity contribution in [3.8, 4) is 0 Å². The predicted molar refractivity (Wildman–Crippen MR) is 59.9 cm³/mol. The van der Waals surface area contributed by atoms with Crippen molar-refractivity contribution in [3.05, 3.63) is 35.9 Å². The Bertz CT molecular complexity index is 395. The molecule has 4 heteroatoms. The molecule has 1 atom stereocenters. The summed E-state index contributed by atoms with van der Waals surface area (Å²) >= 11 is 0. The van der Waals surface area contributed by atoms with Gasteiger partial charge in [-0.3, -0.25) is 4.18 Å². The monoisotopic (exact) mass is 228 g/mol. The molecule has 0 radical (unpaired) electrons. The van der Waals surface area contributed by atoms with Gasteiger partial charge in [-0.25, -0.2) is 0 Å². The lowest BCUT2D eigenvalue weighted by Crippen LogP contribution is -2.15. The van der Waals surface area contributed by atoms with Gasteiger partial charge in [-0.15, -0.1) is 0 Å². The summed E-state index contributed by atoms with van der Waals surface area (Å²) in [6.45, 7) is 3.87. The van der Waals surface area contributed by atoms with Crippen molar-refractivity contribution in [2.24, 2.45) is 5.92 Å². The van der Waals surface area contributed by atoms with E-state index in [1.165, 1.54) is 0 Å². The van der Waals surface area contributed by atoms with Crippen molar-refractivity contribution in [2.75, 3.05) is 6.26 Å². The lowest BCUT2D eigenvalue weighted by molar-refractivity contribution is 0.163. The maximum Gasteiger partial charge on any atom is 0.264 e. The largest absolute Gasteiger partial charge is 0.264 e. The molecule has 84 valence electrons. The molecule has 0 bridgehead atoms. The summed E-state index contributed by atoms with van der Waals surface area (Å²) in [5.41, 5.74) is 0.887. The van der Waals surface area contributed by atoms with Crippen LogP contribution in [0.4, 0.5) is 0 Å². The number of hydrogen-bond acceptors (Lipinski definition) is 3. The maximum absolute atomic E-state index is 11.1. The molecule has 0 saturated heterocycles. The lowest BCUT2D eigenvalue weighted by atomic mass is 9.99. The summed E-state index contributed by atoms with van der Waals surface area (Å²) in [6.07, 6.45) is 0.673. The highest BCUT2D eigenvalue weighted by atomic mass is 32.2. The zero-order valence-corrected chi connectivity index (χ0v) is 9.99. The van der Waals surface area contributed by atoms with E-state index in [-0.39, 0.29) is 5.92 Å². The number of rotatable bonds is 4. The molecule has 0 aliphatic carbocycles. The molecule has 0 spiro atoms. The molecule has 0 aliphatic heterocycles. The van der Waals surface area contributed by atoms with E-state index in [1.54, 1.807) is 0 Å². The Morgan fingerprint density at radius 1 is 1.13 bits per heavy atom. The van der Waals surface area contributed by atoms with Crippen molar-refractivity contribution in [3.63, 3.8) is 0 Å². The van der Waals surface area contributed by atoms with Gasteiger partial charge in [-0.05, 0) is 11.5 Å². The summed E-state index contributed by atoms with van der Waals surface area (Å²) in [5.74, 6) is 0.113. The van der Waals surface area contributed by atoms with Gasteiger partial charge in [0.2, 0.25) is 0 Å². The van der Waals surface area contributed by atoms with Crippen LogP contribution in [0, 0.1) is 5.92 Å². The highest BCUT2D eigenvalue weighted by Gasteiger charge is 2.20. The molecule has 15 heavy (non-hydrogen) atoms. The smallest absolute Gasteiger partial charge is 0.262 e. The first kappa shape index (κ1) is 12.2. The summed E-state index contributed by atoms with van der Waals surface area (Å²) in [6, 6.07) is 9.37. The fraction of sp³-hybridized carbons (Fsp3) is 0.455. The van der Waals surface area contributed by atoms with Crippen molar-refractivity contribution in [1.29, 1.82) is 0 Å². The minimum Gasteiger partial charge on any atom is -0.262 e. The fourth-order valence-electron chi connectivity index (χ4n) is 1.38. The SMILES string of the molecule is CC(C)C(OS(C)(=O)=O)c1ccccc1. The van der Waals surface area contributed by atoms with Crippen LogP contribution in [-0.4, -0.2) is 14.7 Å². The Hall–Kier alpha value is -0.870. The second-order valence-corrected chi connectivity index (χ2v) is 5.48. The van der Waals surface area contributed by atoms with Crippen LogP contribution in [0.3, 0.4) is 0 Å². The minimum atomic E-state index is -3.42. The second-order valence-electron chi connectivity index (χ2n) is 3.88. The van der Waals surface area contributed by atoms with Crippen molar-refractivity contribution < 1.29 is 12.6 Å². The van der Waals surface area contributed by atoms with Gasteiger partial charge in [-0.2, -0.15) is 8.42 Å². The number of hydrogen-bond donors (Lipinski definition) is 0. The van der Waals surface area contributed by atoms with Gasteiger partial charge in [0.1, 0.15) is 6.10 Å². The third kappa shape index (κ3) is 4.01. The normalized spacial score (nSPS) is 14.1. The molecule has 1 aromatic rings. The van der Waals surface area contributed by atoms with Crippen molar-refractivity contribution in [2.45, 2.75) is 20.0 Å². The van der Waals surface area contributed by atoms with E-state index in [2.05, 4.69) is 0 Å². The van der Waals surface area contributed by atoms with Gasteiger partial charge in [-0.1, -0.05) is 44.2 Å². The third-order valence-corrected chi connectivity index (χ3v) is 2.57. The summed E-state index contributed by atoms with van der Waals surface area (Å²) in [7, 11) is -3.42. The minimum absolute atomic E-state index is 0.113. The molecule has 0 fully saturated rings. The molecule has 0 aromatic heterocycles. The van der Waals surface area contributed by atoms with E-state index >= 15 is 0 Å². The average molecular weight is 228 g/mol. The lowest BCUT2D eigenvalue weighted by Gasteiger charge is -2.20. The first-order valence-electron chi connectivity index (χ1n) is 4.83. The van der Waals surface area contributed by atoms with E-state index < -0.39 is 16.2 Å². The topological polar surface area (TPSA) is 43.4 Å². The van der Waals surface area contributed by atoms with Crippen LogP contribution in [0.1, 0.15) is 25.5 Å². The van der Waals surface area contributed by atoms with Crippen LogP contribution in [0.15, 0.2) is 30.3 Å². The Balaban J connectivity index is 2.95. The van der Waals surface area contributed by atoms with Gasteiger partial charge in [0.15, 0.2) is 0 Å². The van der Waals surface area contributed by atoms with Crippen LogP contribution >= 0.6 is 0 Å². The standard InChI is InChI=1S/C11H16O3S/c1-9(2)11(14-15(3,12)13)10-7-5-4-6-8-10/h4-9,11H,1-3H3. The van der Waals surface area contributed by atoms with E-state index in [1.807, 2.05) is 44.2 Å². The Morgan fingerprint density at radius 3 is 2.07 bits per heavy atom. The van der Waals surface area contributed by atoms with Gasteiger partial charge < -0.3 is 0 Å². The quantitative estimate of drug-likeness (QED) is 0.743. The van der Waals surface area contributed by atoms with Crippen LogP contribution in [0.2, 0.25) is 0 Å². The van der Waals surface area contributed by atoms with Crippen LogP contribution in [0.25, 0.3) is 0 Å². The number of benzene rings is 1. The Morgan fingerprint density at radius 2 is 1.67 bits per heavy atom. The van der Waals surface area contributed by atoms with E-state index in [9.17, 15) is 8.42 Å².